The highest BCUT2D eigenvalue weighted by atomic mass is 32.1. The average Bonchev–Trinajstić information content (AvgIpc) is 3.24. The van der Waals surface area contributed by atoms with E-state index >= 15 is 0 Å². The van der Waals surface area contributed by atoms with Crippen molar-refractivity contribution in [2.75, 3.05) is 59.0 Å². The number of carbonyl (C=O) groups is 2. The van der Waals surface area contributed by atoms with Crippen LogP contribution in [0, 0.1) is 0 Å². The van der Waals surface area contributed by atoms with E-state index in [1.54, 1.807) is 11.3 Å². The first kappa shape index (κ1) is 19.7. The smallest absolute Gasteiger partial charge is 0.264 e. The van der Waals surface area contributed by atoms with Gasteiger partial charge in [0.2, 0.25) is 5.91 Å². The summed E-state index contributed by atoms with van der Waals surface area (Å²) in [6, 6.07) is 10.6. The van der Waals surface area contributed by atoms with E-state index < -0.39 is 0 Å². The summed E-state index contributed by atoms with van der Waals surface area (Å²) in [6.07, 6.45) is 2.04. The zero-order valence-electron chi connectivity index (χ0n) is 17.1. The van der Waals surface area contributed by atoms with E-state index in [9.17, 15) is 9.59 Å². The number of fused-ring (bicyclic) bond motifs is 3. The summed E-state index contributed by atoms with van der Waals surface area (Å²) in [5, 5.41) is 0. The van der Waals surface area contributed by atoms with Gasteiger partial charge < -0.3 is 14.5 Å². The van der Waals surface area contributed by atoms with Gasteiger partial charge in [0.25, 0.3) is 5.91 Å². The van der Waals surface area contributed by atoms with Crippen LogP contribution in [0.1, 0.15) is 20.8 Å². The lowest BCUT2D eigenvalue weighted by molar-refractivity contribution is -0.134. The molecule has 2 aromatic rings. The second-order valence-electron chi connectivity index (χ2n) is 8.18. The molecule has 3 heterocycles. The first-order chi connectivity index (χ1) is 14.7. The molecule has 3 aliphatic rings. The van der Waals surface area contributed by atoms with Crippen LogP contribution in [0.25, 0.3) is 10.4 Å². The zero-order chi connectivity index (χ0) is 20.5. The van der Waals surface area contributed by atoms with Crippen LogP contribution in [-0.4, -0.2) is 85.5 Å². The molecule has 1 aromatic carbocycles. The minimum Gasteiger partial charge on any atom is -0.379 e. The first-order valence-electron chi connectivity index (χ1n) is 10.8. The number of carbonyl (C=O) groups excluding carboxylic acids is 2. The largest absolute Gasteiger partial charge is 0.379 e. The second-order valence-corrected chi connectivity index (χ2v) is 9.24. The molecule has 0 saturated carbocycles. The molecule has 5 rings (SSSR count). The Hall–Kier alpha value is -2.22. The van der Waals surface area contributed by atoms with Crippen LogP contribution >= 0.6 is 11.3 Å². The Morgan fingerprint density at radius 3 is 2.40 bits per heavy atom. The minimum atomic E-state index is 0.104. The number of nitrogens with zero attached hydrogens (tertiary/aromatic N) is 3. The van der Waals surface area contributed by atoms with E-state index in [0.717, 1.165) is 30.8 Å². The Bertz CT molecular complexity index is 943. The van der Waals surface area contributed by atoms with Gasteiger partial charge in [-0.1, -0.05) is 24.3 Å². The number of rotatable bonds is 3. The van der Waals surface area contributed by atoms with Gasteiger partial charge in [0.15, 0.2) is 0 Å². The van der Waals surface area contributed by atoms with Gasteiger partial charge in [-0.2, -0.15) is 0 Å². The van der Waals surface area contributed by atoms with Gasteiger partial charge >= 0.3 is 0 Å². The molecule has 30 heavy (non-hydrogen) atoms. The van der Waals surface area contributed by atoms with Gasteiger partial charge in [-0.05, 0) is 35.6 Å². The second kappa shape index (κ2) is 8.49. The molecule has 1 aromatic heterocycles. The molecule has 0 spiro atoms. The molecular weight excluding hydrogens is 398 g/mol. The number of hydrogen-bond donors (Lipinski definition) is 0. The van der Waals surface area contributed by atoms with E-state index in [-0.39, 0.29) is 11.8 Å². The van der Waals surface area contributed by atoms with E-state index in [0.29, 0.717) is 45.9 Å². The van der Waals surface area contributed by atoms with Crippen LogP contribution in [0.2, 0.25) is 0 Å². The summed E-state index contributed by atoms with van der Waals surface area (Å²) in [5.41, 5.74) is 3.95. The fraction of sp³-hybridized carbons (Fsp3) is 0.478. The molecule has 0 bridgehead atoms. The van der Waals surface area contributed by atoms with Crippen LogP contribution in [0.3, 0.4) is 0 Å². The Kier molecular flexibility index (Phi) is 5.58. The number of benzene rings is 1. The van der Waals surface area contributed by atoms with Crippen LogP contribution in [0.15, 0.2) is 30.3 Å². The lowest BCUT2D eigenvalue weighted by atomic mass is 9.91. The van der Waals surface area contributed by atoms with E-state index in [1.807, 2.05) is 9.80 Å². The summed E-state index contributed by atoms with van der Waals surface area (Å²) in [5.74, 6) is 0.263. The minimum absolute atomic E-state index is 0.104. The highest BCUT2D eigenvalue weighted by Crippen LogP contribution is 2.39. The van der Waals surface area contributed by atoms with Crippen molar-refractivity contribution in [1.29, 1.82) is 0 Å². The zero-order valence-corrected chi connectivity index (χ0v) is 18.0. The Balaban J connectivity index is 1.21. The number of thiophene rings is 1. The number of hydrogen-bond acceptors (Lipinski definition) is 5. The van der Waals surface area contributed by atoms with Crippen molar-refractivity contribution < 1.29 is 14.3 Å². The molecule has 0 unspecified atom stereocenters. The van der Waals surface area contributed by atoms with Gasteiger partial charge in [-0.3, -0.25) is 14.5 Å². The van der Waals surface area contributed by atoms with Crippen molar-refractivity contribution in [2.45, 2.75) is 12.8 Å². The Morgan fingerprint density at radius 1 is 0.900 bits per heavy atom. The maximum absolute atomic E-state index is 13.1. The number of morpholine rings is 1. The van der Waals surface area contributed by atoms with Crippen molar-refractivity contribution in [2.24, 2.45) is 0 Å². The SMILES string of the molecule is O=C(CN1CCOCC1)N1CCN(C(=O)c2cc3c(s2)-c2ccccc2CC3)CC1. The molecule has 7 heteroatoms. The van der Waals surface area contributed by atoms with Crippen molar-refractivity contribution >= 4 is 23.2 Å². The Morgan fingerprint density at radius 2 is 1.60 bits per heavy atom. The maximum atomic E-state index is 13.1. The van der Waals surface area contributed by atoms with Gasteiger partial charge in [0, 0.05) is 44.1 Å². The average molecular weight is 426 g/mol. The third-order valence-electron chi connectivity index (χ3n) is 6.33. The summed E-state index contributed by atoms with van der Waals surface area (Å²) in [6.45, 7) is 5.92. The van der Waals surface area contributed by atoms with E-state index in [2.05, 4.69) is 35.2 Å². The lowest BCUT2D eigenvalue weighted by Gasteiger charge is -2.36. The predicted octanol–water partition coefficient (Wildman–Crippen LogP) is 2.13. The molecular formula is C23H27N3O3S. The highest BCUT2D eigenvalue weighted by Gasteiger charge is 2.28. The quantitative estimate of drug-likeness (QED) is 0.756. The van der Waals surface area contributed by atoms with Crippen LogP contribution in [-0.2, 0) is 22.4 Å². The predicted molar refractivity (Wildman–Crippen MR) is 117 cm³/mol. The maximum Gasteiger partial charge on any atom is 0.264 e. The molecule has 2 amide bonds. The van der Waals surface area contributed by atoms with Crippen LogP contribution < -0.4 is 0 Å². The number of ether oxygens (including phenoxy) is 1. The van der Waals surface area contributed by atoms with Crippen LogP contribution in [0.4, 0.5) is 0 Å². The third kappa shape index (κ3) is 3.89. The first-order valence-corrected chi connectivity index (χ1v) is 11.6. The van der Waals surface area contributed by atoms with Gasteiger partial charge in [0.1, 0.15) is 0 Å². The van der Waals surface area contributed by atoms with Gasteiger partial charge in [0.05, 0.1) is 24.6 Å². The summed E-state index contributed by atoms with van der Waals surface area (Å²) >= 11 is 1.62. The normalized spacial score (nSPS) is 19.3. The van der Waals surface area contributed by atoms with Gasteiger partial charge in [-0.15, -0.1) is 11.3 Å². The molecule has 158 valence electrons. The van der Waals surface area contributed by atoms with Crippen molar-refractivity contribution in [3.63, 3.8) is 0 Å². The van der Waals surface area contributed by atoms with Crippen molar-refractivity contribution in [3.05, 3.63) is 46.3 Å². The highest BCUT2D eigenvalue weighted by molar-refractivity contribution is 7.17. The summed E-state index contributed by atoms with van der Waals surface area (Å²) < 4.78 is 5.35. The van der Waals surface area contributed by atoms with Crippen molar-refractivity contribution in [1.82, 2.24) is 14.7 Å². The van der Waals surface area contributed by atoms with E-state index in [4.69, 9.17) is 4.74 Å². The molecule has 2 fully saturated rings. The van der Waals surface area contributed by atoms with Crippen molar-refractivity contribution in [3.8, 4) is 10.4 Å². The summed E-state index contributed by atoms with van der Waals surface area (Å²) in [7, 11) is 0. The number of aryl methyl sites for hydroxylation is 2. The Labute approximate surface area is 181 Å². The molecule has 2 saturated heterocycles. The fourth-order valence-electron chi connectivity index (χ4n) is 4.54. The van der Waals surface area contributed by atoms with Crippen LogP contribution in [0.5, 0.6) is 0 Å². The lowest BCUT2D eigenvalue weighted by Crippen LogP contribution is -2.53. The van der Waals surface area contributed by atoms with E-state index in [1.165, 1.54) is 21.6 Å². The molecule has 0 radical (unpaired) electrons. The fourth-order valence-corrected chi connectivity index (χ4v) is 5.78. The number of amides is 2. The topological polar surface area (TPSA) is 53.1 Å². The molecule has 0 N–H and O–H groups in total. The summed E-state index contributed by atoms with van der Waals surface area (Å²) in [4.78, 5) is 33.8. The molecule has 2 aliphatic heterocycles. The monoisotopic (exact) mass is 425 g/mol. The van der Waals surface area contributed by atoms with Gasteiger partial charge in [-0.25, -0.2) is 0 Å². The molecule has 6 nitrogen and oxygen atoms in total. The molecule has 1 aliphatic carbocycles. The third-order valence-corrected chi connectivity index (χ3v) is 7.53. The standard InChI is InChI=1S/C23H27N3O3S/c27-21(16-24-11-13-29-14-12-24)25-7-9-26(10-8-25)23(28)20-15-18-6-5-17-3-1-2-4-19(17)22(18)30-20/h1-4,15H,5-14,16H2. The number of piperazine rings is 1. The molecule has 0 atom stereocenters.